The van der Waals surface area contributed by atoms with Crippen LogP contribution in [0.3, 0.4) is 0 Å². The fourth-order valence-electron chi connectivity index (χ4n) is 3.56. The van der Waals surface area contributed by atoms with E-state index in [1.165, 1.54) is 6.20 Å². The zero-order chi connectivity index (χ0) is 25.1. The van der Waals surface area contributed by atoms with Crippen LogP contribution in [0.5, 0.6) is 0 Å². The standard InChI is InChI=1S/C19H30BN5O7PS/c1-4-6-8-29-11-19(12-31-34-33(20)28)15(30-9-7-5-2)14(23-24-21)17(32-19)25-10-13(3)16(26)22-18(25)27/h10,14-15,17H,4-9,11-12H2,1-3H3,(H,22,26,27)/t14-,15?,17+,19-/m0/s1. The Morgan fingerprint density at radius 1 is 1.35 bits per heavy atom. The second kappa shape index (κ2) is 14.2. The van der Waals surface area contributed by atoms with Gasteiger partial charge in [0.2, 0.25) is 0 Å². The molecule has 1 fully saturated rings. The number of ether oxygens (including phenoxy) is 3. The molecule has 12 nitrogen and oxygen atoms in total. The van der Waals surface area contributed by atoms with Crippen molar-refractivity contribution in [2.45, 2.75) is 70.4 Å². The Kier molecular flexibility index (Phi) is 12.0. The van der Waals surface area contributed by atoms with E-state index in [0.717, 1.165) is 30.3 Å². The Morgan fingerprint density at radius 3 is 2.71 bits per heavy atom. The number of azide groups is 1. The van der Waals surface area contributed by atoms with Crippen LogP contribution in [0.25, 0.3) is 10.4 Å². The molecule has 0 spiro atoms. The first kappa shape index (κ1) is 28.7. The number of rotatable bonds is 15. The van der Waals surface area contributed by atoms with Gasteiger partial charge in [-0.3, -0.25) is 0 Å². The van der Waals surface area contributed by atoms with Gasteiger partial charge in [-0.2, -0.15) is 0 Å². The van der Waals surface area contributed by atoms with E-state index in [4.69, 9.17) is 25.6 Å². The van der Waals surface area contributed by atoms with Crippen molar-refractivity contribution in [3.8, 4) is 0 Å². The summed E-state index contributed by atoms with van der Waals surface area (Å²) in [6.45, 7) is 4.04. The SMILES string of the molecule is [B]=[P+]([O-])SOC[C@]1(COCCCC)O[C@@H](n2cc(C)c(=O)[nH]c2=O)[C@@H](N=[N+]=[N-])C1OCCCC. The molecule has 1 aromatic rings. The van der Waals surface area contributed by atoms with Crippen molar-refractivity contribution in [3.63, 3.8) is 0 Å². The number of unbranched alkanes of at least 4 members (excludes halogenated alkanes) is 2. The number of nitrogens with one attached hydrogen (secondary N) is 1. The van der Waals surface area contributed by atoms with Crippen LogP contribution in [0.1, 0.15) is 51.3 Å². The average Bonchev–Trinajstić information content (AvgIpc) is 3.07. The molecule has 2 rings (SSSR count). The van der Waals surface area contributed by atoms with Gasteiger partial charge in [0, 0.05) is 0 Å². The normalized spacial score (nSPS) is 24.7. The van der Waals surface area contributed by atoms with Gasteiger partial charge in [-0.1, -0.05) is 0 Å². The number of hydrogen-bond donors (Lipinski definition) is 1. The van der Waals surface area contributed by atoms with Crippen molar-refractivity contribution in [2.24, 2.45) is 5.11 Å². The summed E-state index contributed by atoms with van der Waals surface area (Å²) in [7, 11) is 5.34. The Balaban J connectivity index is 2.53. The van der Waals surface area contributed by atoms with E-state index >= 15 is 0 Å². The molecule has 1 aliphatic heterocycles. The molecule has 0 saturated carbocycles. The minimum absolute atomic E-state index is 0.00323. The van der Waals surface area contributed by atoms with Gasteiger partial charge in [0.25, 0.3) is 0 Å². The molecule has 187 valence electrons. The van der Waals surface area contributed by atoms with Crippen LogP contribution in [0.15, 0.2) is 20.9 Å². The van der Waals surface area contributed by atoms with Gasteiger partial charge < -0.3 is 0 Å². The van der Waals surface area contributed by atoms with Crippen LogP contribution < -0.4 is 16.1 Å². The summed E-state index contributed by atoms with van der Waals surface area (Å²) in [6.07, 6.45) is 2.69. The Bertz CT molecular complexity index is 989. The molecule has 0 aliphatic carbocycles. The predicted molar refractivity (Wildman–Crippen MR) is 128 cm³/mol. The Morgan fingerprint density at radius 2 is 2.06 bits per heavy atom. The molecule has 0 bridgehead atoms. The topological polar surface area (TPSA) is 164 Å². The first-order chi connectivity index (χ1) is 16.3. The summed E-state index contributed by atoms with van der Waals surface area (Å²) in [6, 6.07) is -0.986. The van der Waals surface area contributed by atoms with Crippen LogP contribution in [-0.2, 0) is 18.4 Å². The molecule has 2 heterocycles. The van der Waals surface area contributed by atoms with Crippen LogP contribution in [0, 0.1) is 6.92 Å². The zero-order valence-electron chi connectivity index (χ0n) is 19.5. The van der Waals surface area contributed by atoms with E-state index in [9.17, 15) is 20.0 Å². The average molecular weight is 514 g/mol. The van der Waals surface area contributed by atoms with Gasteiger partial charge in [0.05, 0.1) is 0 Å². The molecule has 0 aromatic carbocycles. The molecule has 0 amide bonds. The molecule has 15 heteroatoms. The number of H-pyrrole nitrogens is 1. The van der Waals surface area contributed by atoms with E-state index in [-0.39, 0.29) is 18.8 Å². The predicted octanol–water partition coefficient (Wildman–Crippen LogP) is 2.21. The van der Waals surface area contributed by atoms with Crippen LogP contribution in [0.4, 0.5) is 0 Å². The summed E-state index contributed by atoms with van der Waals surface area (Å²) in [5, 5.41) is 3.90. The van der Waals surface area contributed by atoms with Gasteiger partial charge in [-0.25, -0.2) is 0 Å². The van der Waals surface area contributed by atoms with E-state index < -0.39 is 42.1 Å². The Hall–Kier alpha value is -1.50. The zero-order valence-corrected chi connectivity index (χ0v) is 21.3. The third kappa shape index (κ3) is 7.50. The summed E-state index contributed by atoms with van der Waals surface area (Å²) < 4.78 is 25.0. The quantitative estimate of drug-likeness (QED) is 0.0708. The number of nitrogens with zero attached hydrogens (tertiary/aromatic N) is 4. The molecule has 5 atom stereocenters. The minimum atomic E-state index is -2.15. The summed E-state index contributed by atoms with van der Waals surface area (Å²) in [4.78, 5) is 41.1. The fourth-order valence-corrected chi connectivity index (χ4v) is 4.39. The molecule has 1 aromatic heterocycles. The van der Waals surface area contributed by atoms with Gasteiger partial charge >= 0.3 is 204 Å². The number of hydrogen-bond acceptors (Lipinski definition) is 9. The fraction of sp³-hybridized carbons (Fsp3) is 0.789. The van der Waals surface area contributed by atoms with E-state index in [1.54, 1.807) is 6.92 Å². The van der Waals surface area contributed by atoms with Crippen molar-refractivity contribution in [1.82, 2.24) is 9.55 Å². The Labute approximate surface area is 203 Å². The third-order valence-corrected chi connectivity index (χ3v) is 6.42. The van der Waals surface area contributed by atoms with Crippen LogP contribution in [-0.4, -0.2) is 60.9 Å². The van der Waals surface area contributed by atoms with Crippen molar-refractivity contribution in [2.75, 3.05) is 26.4 Å². The molecule has 1 radical (unpaired) electrons. The number of aromatic amines is 1. The molecular formula is C19H30BN5O7PS. The number of aromatic nitrogens is 2. The van der Waals surface area contributed by atoms with Crippen LogP contribution >= 0.6 is 18.5 Å². The van der Waals surface area contributed by atoms with Gasteiger partial charge in [0.15, 0.2) is 0 Å². The van der Waals surface area contributed by atoms with E-state index in [0.29, 0.717) is 24.9 Å². The van der Waals surface area contributed by atoms with Gasteiger partial charge in [0.1, 0.15) is 0 Å². The first-order valence-corrected chi connectivity index (χ1v) is 13.7. The molecular weight excluding hydrogens is 484 g/mol. The van der Waals surface area contributed by atoms with Crippen molar-refractivity contribution in [1.29, 1.82) is 0 Å². The second-order valence-corrected chi connectivity index (χ2v) is 10.4. The summed E-state index contributed by atoms with van der Waals surface area (Å²) >= 11 is 0.586. The van der Waals surface area contributed by atoms with Gasteiger partial charge in [-0.05, 0) is 0 Å². The first-order valence-electron chi connectivity index (χ1n) is 11.0. The van der Waals surface area contributed by atoms with Crippen LogP contribution in [0.2, 0.25) is 0 Å². The summed E-state index contributed by atoms with van der Waals surface area (Å²) in [5.41, 5.74) is 7.00. The molecule has 34 heavy (non-hydrogen) atoms. The van der Waals surface area contributed by atoms with Crippen molar-refractivity contribution in [3.05, 3.63) is 43.0 Å². The molecule has 1 aliphatic rings. The van der Waals surface area contributed by atoms with Crippen molar-refractivity contribution >= 4 is 25.7 Å². The molecule has 2 unspecified atom stereocenters. The monoisotopic (exact) mass is 514 g/mol. The second-order valence-electron chi connectivity index (χ2n) is 7.92. The van der Waals surface area contributed by atoms with Crippen molar-refractivity contribution < 1.29 is 23.3 Å². The van der Waals surface area contributed by atoms with E-state index in [2.05, 4.69) is 15.0 Å². The van der Waals surface area contributed by atoms with Gasteiger partial charge in [-0.15, -0.1) is 0 Å². The molecule has 1 N–H and O–H groups in total. The third-order valence-electron chi connectivity index (χ3n) is 5.29. The van der Waals surface area contributed by atoms with E-state index in [1.807, 2.05) is 13.8 Å². The maximum absolute atomic E-state index is 12.6. The summed E-state index contributed by atoms with van der Waals surface area (Å²) in [5.74, 6) is 0. The molecule has 1 saturated heterocycles. The number of aryl methyl sites for hydroxylation is 1. The maximum atomic E-state index is 12.6.